The summed E-state index contributed by atoms with van der Waals surface area (Å²) >= 11 is 0. The zero-order valence-corrected chi connectivity index (χ0v) is 4.87. The van der Waals surface area contributed by atoms with Crippen molar-refractivity contribution in [3.8, 4) is 11.8 Å². The van der Waals surface area contributed by atoms with E-state index in [1.807, 2.05) is 0 Å². The average molecular weight is 128 g/mol. The number of rotatable bonds is 2. The maximum absolute atomic E-state index is 8.60. The van der Waals surface area contributed by atoms with E-state index in [0.717, 1.165) is 6.26 Å². The summed E-state index contributed by atoms with van der Waals surface area (Å²) < 4.78 is 4.38. The molecule has 0 aliphatic rings. The van der Waals surface area contributed by atoms with Crippen molar-refractivity contribution in [2.45, 2.75) is 6.29 Å². The third kappa shape index (κ3) is 4.88. The predicted molar refractivity (Wildman–Crippen MR) is 32.2 cm³/mol. The Labute approximate surface area is 53.6 Å². The van der Waals surface area contributed by atoms with Crippen LogP contribution in [0.5, 0.6) is 0 Å². The normalized spacial score (nSPS) is 10.9. The highest BCUT2D eigenvalue weighted by Gasteiger charge is 1.90. The molecule has 9 heavy (non-hydrogen) atoms. The van der Waals surface area contributed by atoms with Gasteiger partial charge in [-0.2, -0.15) is 0 Å². The summed E-state index contributed by atoms with van der Waals surface area (Å²) in [4.78, 5) is 0. The molecule has 1 unspecified atom stereocenters. The Balaban J connectivity index is 3.47. The molecule has 0 saturated heterocycles. The summed E-state index contributed by atoms with van der Waals surface area (Å²) in [6.07, 6.45) is -0.0915. The summed E-state index contributed by atoms with van der Waals surface area (Å²) in [5.74, 6) is 4.41. The molecule has 3 heteroatoms. The van der Waals surface area contributed by atoms with E-state index >= 15 is 0 Å². The molecule has 0 aromatic heterocycles. The Morgan fingerprint density at radius 1 is 1.78 bits per heavy atom. The van der Waals surface area contributed by atoms with Crippen molar-refractivity contribution >= 4 is 0 Å². The molecule has 0 aliphatic heterocycles. The monoisotopic (exact) mass is 128 g/mol. The van der Waals surface area contributed by atoms with Crippen LogP contribution in [0.1, 0.15) is 0 Å². The summed E-state index contributed by atoms with van der Waals surface area (Å²) in [6.45, 7) is 2.92. The van der Waals surface area contributed by atoms with Gasteiger partial charge in [0, 0.05) is 0 Å². The number of aliphatic hydroxyl groups is 2. The van der Waals surface area contributed by atoms with Gasteiger partial charge in [0.2, 0.25) is 0 Å². The maximum Gasteiger partial charge on any atom is 0.261 e. The van der Waals surface area contributed by atoms with Crippen LogP contribution in [0.2, 0.25) is 0 Å². The first kappa shape index (κ1) is 8.02. The third-order valence-electron chi connectivity index (χ3n) is 0.530. The van der Waals surface area contributed by atoms with Gasteiger partial charge in [0.1, 0.15) is 6.61 Å². The number of aliphatic hydroxyl groups excluding tert-OH is 2. The van der Waals surface area contributed by atoms with E-state index < -0.39 is 6.29 Å². The predicted octanol–water partition coefficient (Wildman–Crippen LogP) is -0.539. The topological polar surface area (TPSA) is 49.7 Å². The summed E-state index contributed by atoms with van der Waals surface area (Å²) in [5, 5.41) is 16.7. The van der Waals surface area contributed by atoms with Gasteiger partial charge in [0.25, 0.3) is 6.29 Å². The van der Waals surface area contributed by atoms with Crippen LogP contribution in [0.4, 0.5) is 0 Å². The maximum atomic E-state index is 8.60. The molecule has 3 nitrogen and oxygen atoms in total. The SMILES string of the molecule is C=COC(O)C#CCO. The molecule has 0 fully saturated rings. The molecule has 0 spiro atoms. The van der Waals surface area contributed by atoms with Gasteiger partial charge in [-0.1, -0.05) is 12.5 Å². The quantitative estimate of drug-likeness (QED) is 0.298. The van der Waals surface area contributed by atoms with Gasteiger partial charge in [-0.15, -0.1) is 0 Å². The van der Waals surface area contributed by atoms with Crippen LogP contribution in [-0.2, 0) is 4.74 Å². The fourth-order valence-electron chi connectivity index (χ4n) is 0.258. The summed E-state index contributed by atoms with van der Waals surface area (Å²) in [5.41, 5.74) is 0. The van der Waals surface area contributed by atoms with E-state index in [1.54, 1.807) is 0 Å². The van der Waals surface area contributed by atoms with Crippen LogP contribution in [-0.4, -0.2) is 23.1 Å². The van der Waals surface area contributed by atoms with Crippen molar-refractivity contribution in [1.29, 1.82) is 0 Å². The molecule has 0 aromatic rings. The van der Waals surface area contributed by atoms with E-state index in [4.69, 9.17) is 10.2 Å². The van der Waals surface area contributed by atoms with Gasteiger partial charge in [-0.3, -0.25) is 0 Å². The molecule has 0 radical (unpaired) electrons. The minimum Gasteiger partial charge on any atom is -0.462 e. The highest BCUT2D eigenvalue weighted by Crippen LogP contribution is 1.81. The first-order valence-corrected chi connectivity index (χ1v) is 2.35. The van der Waals surface area contributed by atoms with Crippen molar-refractivity contribution in [3.63, 3.8) is 0 Å². The van der Waals surface area contributed by atoms with Crippen LogP contribution in [0.3, 0.4) is 0 Å². The molecule has 0 bridgehead atoms. The lowest BCUT2D eigenvalue weighted by Crippen LogP contribution is -2.03. The van der Waals surface area contributed by atoms with Crippen LogP contribution < -0.4 is 0 Å². The van der Waals surface area contributed by atoms with Gasteiger partial charge in [-0.25, -0.2) is 0 Å². The Morgan fingerprint density at radius 3 is 2.89 bits per heavy atom. The van der Waals surface area contributed by atoms with Crippen LogP contribution in [0, 0.1) is 11.8 Å². The molecule has 0 aromatic carbocycles. The molecule has 0 aliphatic carbocycles. The summed E-state index contributed by atoms with van der Waals surface area (Å²) in [6, 6.07) is 0. The first-order chi connectivity index (χ1) is 4.31. The van der Waals surface area contributed by atoms with Gasteiger partial charge in [0.05, 0.1) is 6.26 Å². The first-order valence-electron chi connectivity index (χ1n) is 2.35. The van der Waals surface area contributed by atoms with Crippen LogP contribution in [0.25, 0.3) is 0 Å². The van der Waals surface area contributed by atoms with Gasteiger partial charge in [-0.05, 0) is 5.92 Å². The van der Waals surface area contributed by atoms with E-state index in [-0.39, 0.29) is 6.61 Å². The average Bonchev–Trinajstić information content (AvgIpc) is 1.85. The number of ether oxygens (including phenoxy) is 1. The largest absolute Gasteiger partial charge is 0.462 e. The van der Waals surface area contributed by atoms with Gasteiger partial charge in [0.15, 0.2) is 0 Å². The fraction of sp³-hybridized carbons (Fsp3) is 0.333. The van der Waals surface area contributed by atoms with Crippen molar-refractivity contribution in [1.82, 2.24) is 0 Å². The lowest BCUT2D eigenvalue weighted by molar-refractivity contribution is -0.00267. The highest BCUT2D eigenvalue weighted by molar-refractivity contribution is 5.01. The zero-order chi connectivity index (χ0) is 7.11. The third-order valence-corrected chi connectivity index (χ3v) is 0.530. The number of hydrogen-bond donors (Lipinski definition) is 2. The molecule has 50 valence electrons. The minimum absolute atomic E-state index is 0.280. The van der Waals surface area contributed by atoms with Crippen LogP contribution in [0.15, 0.2) is 12.8 Å². The second-order valence-corrected chi connectivity index (χ2v) is 1.13. The Bertz CT molecular complexity index is 131. The molecule has 0 heterocycles. The Morgan fingerprint density at radius 2 is 2.44 bits per heavy atom. The van der Waals surface area contributed by atoms with Crippen LogP contribution >= 0.6 is 0 Å². The molecule has 0 saturated carbocycles. The fourth-order valence-corrected chi connectivity index (χ4v) is 0.258. The molecular formula is C6H8O3. The van der Waals surface area contributed by atoms with Crippen molar-refractivity contribution < 1.29 is 14.9 Å². The standard InChI is InChI=1S/C6H8O3/c1-2-9-6(8)4-3-5-7/h2,6-8H,1,5H2. The second kappa shape index (κ2) is 5.16. The molecule has 0 amide bonds. The van der Waals surface area contributed by atoms with Crippen molar-refractivity contribution in [2.75, 3.05) is 6.61 Å². The van der Waals surface area contributed by atoms with Gasteiger partial charge < -0.3 is 14.9 Å². The Kier molecular flexibility index (Phi) is 4.60. The van der Waals surface area contributed by atoms with E-state index in [0.29, 0.717) is 0 Å². The van der Waals surface area contributed by atoms with Gasteiger partial charge >= 0.3 is 0 Å². The van der Waals surface area contributed by atoms with E-state index in [2.05, 4.69) is 23.2 Å². The molecule has 2 N–H and O–H groups in total. The lowest BCUT2D eigenvalue weighted by Gasteiger charge is -1.98. The molecule has 0 rings (SSSR count). The minimum atomic E-state index is -1.17. The number of hydrogen-bond acceptors (Lipinski definition) is 3. The molecule has 1 atom stereocenters. The molecular weight excluding hydrogens is 120 g/mol. The zero-order valence-electron chi connectivity index (χ0n) is 4.87. The second-order valence-electron chi connectivity index (χ2n) is 1.13. The van der Waals surface area contributed by atoms with Crippen molar-refractivity contribution in [3.05, 3.63) is 12.8 Å². The van der Waals surface area contributed by atoms with E-state index in [1.165, 1.54) is 0 Å². The Hall–Kier alpha value is -0.980. The lowest BCUT2D eigenvalue weighted by atomic mass is 10.6. The smallest absolute Gasteiger partial charge is 0.261 e. The summed E-state index contributed by atoms with van der Waals surface area (Å²) in [7, 11) is 0. The highest BCUT2D eigenvalue weighted by atomic mass is 16.6. The van der Waals surface area contributed by atoms with Crippen molar-refractivity contribution in [2.24, 2.45) is 0 Å². The van der Waals surface area contributed by atoms with E-state index in [9.17, 15) is 0 Å².